The maximum absolute atomic E-state index is 13.9. The SMILES string of the molecule is COCCNC(=O)c1ccc(CN(CC2CC2)C(=O)c2ccc(-n3nc(-c4ccc(C(N)=O)cc4)c4ccccc43)cc2)c([N+](=O)[O-])c1. The zero-order valence-corrected chi connectivity index (χ0v) is 26.3. The van der Waals surface area contributed by atoms with Gasteiger partial charge >= 0.3 is 0 Å². The summed E-state index contributed by atoms with van der Waals surface area (Å²) in [5.41, 5.74) is 9.71. The van der Waals surface area contributed by atoms with E-state index in [1.54, 1.807) is 39.9 Å². The van der Waals surface area contributed by atoms with E-state index in [-0.39, 0.29) is 30.2 Å². The maximum Gasteiger partial charge on any atom is 0.275 e. The number of amides is 3. The van der Waals surface area contributed by atoms with Crippen molar-refractivity contribution in [1.29, 1.82) is 0 Å². The summed E-state index contributed by atoms with van der Waals surface area (Å²) in [6, 6.07) is 26.2. The Hall–Kier alpha value is -5.88. The van der Waals surface area contributed by atoms with Crippen molar-refractivity contribution >= 4 is 34.3 Å². The van der Waals surface area contributed by atoms with Crippen LogP contribution in [0.4, 0.5) is 5.69 Å². The Morgan fingerprint density at radius 3 is 2.33 bits per heavy atom. The Morgan fingerprint density at radius 1 is 0.979 bits per heavy atom. The molecule has 0 atom stereocenters. The monoisotopic (exact) mass is 646 g/mol. The van der Waals surface area contributed by atoms with E-state index < -0.39 is 16.7 Å². The van der Waals surface area contributed by atoms with Crippen LogP contribution in [0.25, 0.3) is 27.8 Å². The second-order valence-electron chi connectivity index (χ2n) is 11.7. The molecule has 1 aliphatic rings. The molecule has 0 saturated heterocycles. The van der Waals surface area contributed by atoms with Crippen LogP contribution in [0.1, 0.15) is 49.5 Å². The van der Waals surface area contributed by atoms with Gasteiger partial charge < -0.3 is 20.7 Å². The maximum atomic E-state index is 13.9. The third-order valence-corrected chi connectivity index (χ3v) is 8.35. The first-order valence-electron chi connectivity index (χ1n) is 15.6. The van der Waals surface area contributed by atoms with Gasteiger partial charge in [0.15, 0.2) is 0 Å². The van der Waals surface area contributed by atoms with Crippen LogP contribution in [0.15, 0.2) is 91.0 Å². The largest absolute Gasteiger partial charge is 0.383 e. The molecule has 1 fully saturated rings. The Labute approximate surface area is 276 Å². The second kappa shape index (κ2) is 13.9. The van der Waals surface area contributed by atoms with Crippen molar-refractivity contribution in [3.8, 4) is 16.9 Å². The van der Waals surface area contributed by atoms with Crippen LogP contribution in [0, 0.1) is 16.0 Å². The highest BCUT2D eigenvalue weighted by molar-refractivity contribution is 5.97. The normalized spacial score (nSPS) is 12.5. The van der Waals surface area contributed by atoms with Gasteiger partial charge in [0, 0.05) is 59.5 Å². The van der Waals surface area contributed by atoms with Crippen molar-refractivity contribution < 1.29 is 24.0 Å². The van der Waals surface area contributed by atoms with Gasteiger partial charge in [0.25, 0.3) is 17.5 Å². The van der Waals surface area contributed by atoms with Crippen LogP contribution in [0.5, 0.6) is 0 Å². The molecule has 0 unspecified atom stereocenters. The van der Waals surface area contributed by atoms with E-state index in [1.165, 1.54) is 19.2 Å². The fraction of sp³-hybridized carbons (Fsp3) is 0.222. The number of fused-ring (bicyclic) bond motifs is 1. The summed E-state index contributed by atoms with van der Waals surface area (Å²) < 4.78 is 6.75. The first kappa shape index (κ1) is 32.1. The lowest BCUT2D eigenvalue weighted by Crippen LogP contribution is -2.33. The van der Waals surface area contributed by atoms with Gasteiger partial charge in [-0.15, -0.1) is 0 Å². The summed E-state index contributed by atoms with van der Waals surface area (Å²) in [5.74, 6) is -0.851. The van der Waals surface area contributed by atoms with Crippen molar-refractivity contribution in [3.05, 3.63) is 123 Å². The minimum Gasteiger partial charge on any atom is -0.383 e. The van der Waals surface area contributed by atoms with E-state index in [4.69, 9.17) is 15.6 Å². The molecular weight excluding hydrogens is 612 g/mol. The molecule has 3 amide bonds. The van der Waals surface area contributed by atoms with Gasteiger partial charge in [-0.2, -0.15) is 5.10 Å². The van der Waals surface area contributed by atoms with E-state index in [0.717, 1.165) is 40.7 Å². The van der Waals surface area contributed by atoms with Gasteiger partial charge in [0.2, 0.25) is 5.91 Å². The number of methoxy groups -OCH3 is 1. The quantitative estimate of drug-likeness (QED) is 0.102. The molecule has 48 heavy (non-hydrogen) atoms. The molecule has 0 aliphatic heterocycles. The predicted molar refractivity (Wildman–Crippen MR) is 180 cm³/mol. The van der Waals surface area contributed by atoms with Gasteiger partial charge in [-0.25, -0.2) is 4.68 Å². The number of carbonyl (C=O) groups is 3. The average molecular weight is 647 g/mol. The number of nitro groups is 1. The van der Waals surface area contributed by atoms with Crippen molar-refractivity contribution in [2.24, 2.45) is 11.7 Å². The fourth-order valence-electron chi connectivity index (χ4n) is 5.61. The number of hydrogen-bond acceptors (Lipinski definition) is 7. The summed E-state index contributed by atoms with van der Waals surface area (Å²) in [7, 11) is 1.52. The predicted octanol–water partition coefficient (Wildman–Crippen LogP) is 5.13. The standard InChI is InChI=1S/C36H34N6O6/c1-48-19-18-38-35(44)27-12-13-28(32(20-27)42(46)47)22-40(21-23-6-7-23)36(45)26-14-16-29(17-15-26)41-31-5-3-2-4-30(31)33(39-41)24-8-10-25(11-9-24)34(37)43/h2-5,8-17,20,23H,6-7,18-19,21-22H2,1H3,(H2,37,43)(H,38,44). The van der Waals surface area contributed by atoms with Gasteiger partial charge in [0.1, 0.15) is 5.69 Å². The van der Waals surface area contributed by atoms with E-state index in [9.17, 15) is 24.5 Å². The Kier molecular flexibility index (Phi) is 9.26. The molecule has 5 aromatic rings. The van der Waals surface area contributed by atoms with Crippen molar-refractivity contribution in [1.82, 2.24) is 20.0 Å². The third kappa shape index (κ3) is 6.93. The summed E-state index contributed by atoms with van der Waals surface area (Å²) in [6.45, 7) is 1.09. The Balaban J connectivity index is 1.26. The molecule has 12 heteroatoms. The van der Waals surface area contributed by atoms with Crippen LogP contribution in [0.2, 0.25) is 0 Å². The topological polar surface area (TPSA) is 163 Å². The number of ether oxygens (including phenoxy) is 1. The van der Waals surface area contributed by atoms with Gasteiger partial charge in [0.05, 0.1) is 29.3 Å². The minimum atomic E-state index is -0.523. The number of primary amides is 1. The molecule has 12 nitrogen and oxygen atoms in total. The van der Waals surface area contributed by atoms with E-state index in [1.807, 2.05) is 48.5 Å². The first-order chi connectivity index (χ1) is 23.2. The van der Waals surface area contributed by atoms with Gasteiger partial charge in [-0.1, -0.05) is 30.3 Å². The molecule has 0 spiro atoms. The summed E-state index contributed by atoms with van der Waals surface area (Å²) in [6.07, 6.45) is 1.98. The fourth-order valence-corrected chi connectivity index (χ4v) is 5.61. The van der Waals surface area contributed by atoms with Crippen LogP contribution < -0.4 is 11.1 Å². The smallest absolute Gasteiger partial charge is 0.275 e. The van der Waals surface area contributed by atoms with Crippen LogP contribution in [0.3, 0.4) is 0 Å². The lowest BCUT2D eigenvalue weighted by Gasteiger charge is -2.23. The van der Waals surface area contributed by atoms with E-state index in [2.05, 4.69) is 5.32 Å². The Bertz CT molecular complexity index is 2000. The van der Waals surface area contributed by atoms with Crippen LogP contribution >= 0.6 is 0 Å². The molecule has 0 radical (unpaired) electrons. The van der Waals surface area contributed by atoms with Crippen molar-refractivity contribution in [2.45, 2.75) is 19.4 Å². The molecule has 0 bridgehead atoms. The van der Waals surface area contributed by atoms with Gasteiger partial charge in [-0.3, -0.25) is 24.5 Å². The molecule has 1 aromatic heterocycles. The van der Waals surface area contributed by atoms with Crippen LogP contribution in [-0.2, 0) is 11.3 Å². The van der Waals surface area contributed by atoms with Crippen molar-refractivity contribution in [2.75, 3.05) is 26.8 Å². The lowest BCUT2D eigenvalue weighted by molar-refractivity contribution is -0.385. The lowest BCUT2D eigenvalue weighted by atomic mass is 10.1. The molecule has 1 saturated carbocycles. The number of hydrogen-bond donors (Lipinski definition) is 2. The molecule has 1 heterocycles. The number of nitrogens with one attached hydrogen (secondary N) is 1. The average Bonchev–Trinajstić information content (AvgIpc) is 3.84. The third-order valence-electron chi connectivity index (χ3n) is 8.35. The number of rotatable bonds is 13. The highest BCUT2D eigenvalue weighted by Gasteiger charge is 2.29. The number of nitro benzene ring substituents is 1. The minimum absolute atomic E-state index is 0.0284. The van der Waals surface area contributed by atoms with Crippen molar-refractivity contribution in [3.63, 3.8) is 0 Å². The molecule has 3 N–H and O–H groups in total. The summed E-state index contributed by atoms with van der Waals surface area (Å²) in [4.78, 5) is 51.1. The summed E-state index contributed by atoms with van der Waals surface area (Å²) >= 11 is 0. The number of para-hydroxylation sites is 1. The van der Waals surface area contributed by atoms with E-state index in [0.29, 0.717) is 35.8 Å². The second-order valence-corrected chi connectivity index (χ2v) is 11.7. The highest BCUT2D eigenvalue weighted by Crippen LogP contribution is 2.33. The number of carbonyl (C=O) groups excluding carboxylic acids is 3. The molecule has 244 valence electrons. The van der Waals surface area contributed by atoms with E-state index >= 15 is 0 Å². The molecular formula is C36H34N6O6. The zero-order valence-electron chi connectivity index (χ0n) is 26.3. The Morgan fingerprint density at radius 2 is 1.67 bits per heavy atom. The number of benzene rings is 4. The number of nitrogens with two attached hydrogens (primary N) is 1. The number of nitrogens with zero attached hydrogens (tertiary/aromatic N) is 4. The molecule has 6 rings (SSSR count). The molecule has 1 aliphatic carbocycles. The highest BCUT2D eigenvalue weighted by atomic mass is 16.6. The van der Waals surface area contributed by atoms with Crippen LogP contribution in [-0.4, -0.2) is 64.1 Å². The van der Waals surface area contributed by atoms with Gasteiger partial charge in [-0.05, 0) is 73.4 Å². The summed E-state index contributed by atoms with van der Waals surface area (Å²) in [5, 5.41) is 20.5. The number of aromatic nitrogens is 2. The molecule has 4 aromatic carbocycles. The first-order valence-corrected chi connectivity index (χ1v) is 15.6. The zero-order chi connectivity index (χ0) is 33.8.